The first-order valence-electron chi connectivity index (χ1n) is 4.23. The van der Waals surface area contributed by atoms with Gasteiger partial charge in [-0.15, -0.1) is 0 Å². The van der Waals surface area contributed by atoms with E-state index in [1.54, 1.807) is 0 Å². The molecule has 1 nitrogen and oxygen atoms in total. The first-order chi connectivity index (χ1) is 5.70. The number of hydrogen-bond acceptors (Lipinski definition) is 1. The summed E-state index contributed by atoms with van der Waals surface area (Å²) >= 11 is 3.52. The summed E-state index contributed by atoms with van der Waals surface area (Å²) in [6, 6.07) is 4.56. The van der Waals surface area contributed by atoms with Gasteiger partial charge < -0.3 is 5.73 Å². The largest absolute Gasteiger partial charge is 0.324 e. The second-order valence-corrected chi connectivity index (χ2v) is 4.24. The minimum absolute atomic E-state index is 0.262. The maximum absolute atomic E-state index is 6.00. The topological polar surface area (TPSA) is 26.0 Å². The van der Waals surface area contributed by atoms with Gasteiger partial charge in [0.2, 0.25) is 0 Å². The smallest absolute Gasteiger partial charge is 0.0303 e. The van der Waals surface area contributed by atoms with E-state index in [1.165, 1.54) is 21.2 Å². The Morgan fingerprint density at radius 3 is 3.00 bits per heavy atom. The highest BCUT2D eigenvalue weighted by molar-refractivity contribution is 9.10. The van der Waals surface area contributed by atoms with Gasteiger partial charge in [0.15, 0.2) is 0 Å². The van der Waals surface area contributed by atoms with E-state index < -0.39 is 0 Å². The Morgan fingerprint density at radius 2 is 2.25 bits per heavy atom. The summed E-state index contributed by atoms with van der Waals surface area (Å²) in [5, 5.41) is 0. The molecule has 1 aromatic rings. The zero-order valence-electron chi connectivity index (χ0n) is 7.10. The van der Waals surface area contributed by atoms with Gasteiger partial charge in [-0.3, -0.25) is 0 Å². The van der Waals surface area contributed by atoms with Crippen LogP contribution in [0.4, 0.5) is 0 Å². The molecule has 1 aromatic carbocycles. The lowest BCUT2D eigenvalue weighted by atomic mass is 10.0. The molecule has 1 aliphatic carbocycles. The van der Waals surface area contributed by atoms with Gasteiger partial charge in [-0.2, -0.15) is 0 Å². The maximum Gasteiger partial charge on any atom is 0.0303 e. The maximum atomic E-state index is 6.00. The Balaban J connectivity index is 2.63. The van der Waals surface area contributed by atoms with Crippen LogP contribution in [-0.4, -0.2) is 0 Å². The molecule has 0 unspecified atom stereocenters. The third-order valence-electron chi connectivity index (χ3n) is 2.63. The Labute approximate surface area is 81.1 Å². The number of fused-ring (bicyclic) bond motifs is 1. The van der Waals surface area contributed by atoms with Crippen LogP contribution in [0.2, 0.25) is 0 Å². The first kappa shape index (κ1) is 8.27. The van der Waals surface area contributed by atoms with Crippen LogP contribution in [0.15, 0.2) is 16.6 Å². The summed E-state index contributed by atoms with van der Waals surface area (Å²) in [4.78, 5) is 0. The van der Waals surface area contributed by atoms with E-state index in [9.17, 15) is 0 Å². The highest BCUT2D eigenvalue weighted by Crippen LogP contribution is 2.34. The van der Waals surface area contributed by atoms with Crippen LogP contribution in [0.3, 0.4) is 0 Å². The molecule has 0 aliphatic heterocycles. The van der Waals surface area contributed by atoms with E-state index >= 15 is 0 Å². The zero-order valence-corrected chi connectivity index (χ0v) is 8.69. The monoisotopic (exact) mass is 225 g/mol. The predicted octanol–water partition coefficient (Wildman–Crippen LogP) is 2.70. The molecule has 0 heterocycles. The van der Waals surface area contributed by atoms with Gasteiger partial charge in [-0.05, 0) is 42.5 Å². The average molecular weight is 226 g/mol. The molecule has 2 N–H and O–H groups in total. The Hall–Kier alpha value is -0.340. The fourth-order valence-corrected chi connectivity index (χ4v) is 2.29. The molecule has 0 saturated carbocycles. The zero-order chi connectivity index (χ0) is 8.72. The number of hydrogen-bond donors (Lipinski definition) is 1. The Bertz CT molecular complexity index is 320. The standard InChI is InChI=1S/C10H12BrN/c1-6-8(11)4-2-7-3-5-9(12)10(6)7/h2,4,9H,3,5,12H2,1H3/t9-/m1/s1. The van der Waals surface area contributed by atoms with E-state index in [4.69, 9.17) is 5.73 Å². The summed E-state index contributed by atoms with van der Waals surface area (Å²) in [5.74, 6) is 0. The van der Waals surface area contributed by atoms with Gasteiger partial charge in [0.05, 0.1) is 0 Å². The van der Waals surface area contributed by atoms with Gasteiger partial charge in [0, 0.05) is 10.5 Å². The lowest BCUT2D eigenvalue weighted by Gasteiger charge is -2.09. The fraction of sp³-hybridized carbons (Fsp3) is 0.400. The van der Waals surface area contributed by atoms with Crippen molar-refractivity contribution in [3.63, 3.8) is 0 Å². The molecular weight excluding hydrogens is 214 g/mol. The van der Waals surface area contributed by atoms with Gasteiger partial charge in [-0.1, -0.05) is 22.0 Å². The number of aryl methyl sites for hydroxylation is 1. The Morgan fingerprint density at radius 1 is 1.50 bits per heavy atom. The minimum atomic E-state index is 0.262. The van der Waals surface area contributed by atoms with E-state index in [1.807, 2.05) is 0 Å². The summed E-state index contributed by atoms with van der Waals surface area (Å²) in [5.41, 5.74) is 10.1. The van der Waals surface area contributed by atoms with Crippen LogP contribution >= 0.6 is 15.9 Å². The molecule has 0 spiro atoms. The summed E-state index contributed by atoms with van der Waals surface area (Å²) in [6.45, 7) is 2.13. The fourth-order valence-electron chi connectivity index (χ4n) is 1.95. The van der Waals surface area contributed by atoms with Crippen LogP contribution < -0.4 is 5.73 Å². The van der Waals surface area contributed by atoms with Crippen molar-refractivity contribution in [2.75, 3.05) is 0 Å². The van der Waals surface area contributed by atoms with Crippen LogP contribution in [-0.2, 0) is 6.42 Å². The van der Waals surface area contributed by atoms with Crippen molar-refractivity contribution in [1.82, 2.24) is 0 Å². The lowest BCUT2D eigenvalue weighted by Crippen LogP contribution is -2.07. The molecule has 1 aliphatic rings. The van der Waals surface area contributed by atoms with Gasteiger partial charge >= 0.3 is 0 Å². The second kappa shape index (κ2) is 2.86. The van der Waals surface area contributed by atoms with E-state index in [-0.39, 0.29) is 6.04 Å². The third kappa shape index (κ3) is 1.10. The molecule has 2 rings (SSSR count). The normalized spacial score (nSPS) is 21.1. The molecule has 0 bridgehead atoms. The number of nitrogens with two attached hydrogens (primary N) is 1. The van der Waals surface area contributed by atoms with Crippen molar-refractivity contribution < 1.29 is 0 Å². The summed E-state index contributed by atoms with van der Waals surface area (Å²) in [7, 11) is 0. The number of rotatable bonds is 0. The van der Waals surface area contributed by atoms with Crippen LogP contribution in [0.1, 0.15) is 29.2 Å². The van der Waals surface area contributed by atoms with Crippen molar-refractivity contribution in [2.45, 2.75) is 25.8 Å². The molecule has 2 heteroatoms. The van der Waals surface area contributed by atoms with Gasteiger partial charge in [0.25, 0.3) is 0 Å². The second-order valence-electron chi connectivity index (χ2n) is 3.39. The van der Waals surface area contributed by atoms with Crippen LogP contribution in [0, 0.1) is 6.92 Å². The van der Waals surface area contributed by atoms with E-state index in [0.717, 1.165) is 12.8 Å². The van der Waals surface area contributed by atoms with Gasteiger partial charge in [-0.25, -0.2) is 0 Å². The first-order valence-corrected chi connectivity index (χ1v) is 5.03. The van der Waals surface area contributed by atoms with Crippen molar-refractivity contribution in [3.05, 3.63) is 33.3 Å². The highest BCUT2D eigenvalue weighted by atomic mass is 79.9. The van der Waals surface area contributed by atoms with Crippen LogP contribution in [0.5, 0.6) is 0 Å². The third-order valence-corrected chi connectivity index (χ3v) is 3.49. The molecule has 0 amide bonds. The quantitative estimate of drug-likeness (QED) is 0.723. The van der Waals surface area contributed by atoms with Gasteiger partial charge in [0.1, 0.15) is 0 Å². The predicted molar refractivity (Wildman–Crippen MR) is 54.1 cm³/mol. The van der Waals surface area contributed by atoms with Crippen molar-refractivity contribution in [3.8, 4) is 0 Å². The molecule has 0 saturated heterocycles. The summed E-state index contributed by atoms with van der Waals surface area (Å²) < 4.78 is 1.18. The summed E-state index contributed by atoms with van der Waals surface area (Å²) in [6.07, 6.45) is 2.25. The van der Waals surface area contributed by atoms with Crippen molar-refractivity contribution >= 4 is 15.9 Å². The van der Waals surface area contributed by atoms with E-state index in [2.05, 4.69) is 35.0 Å². The Kier molecular flexibility index (Phi) is 1.97. The molecular formula is C10H12BrN. The average Bonchev–Trinajstić information content (AvgIpc) is 2.41. The molecule has 12 heavy (non-hydrogen) atoms. The lowest BCUT2D eigenvalue weighted by molar-refractivity contribution is 0.710. The highest BCUT2D eigenvalue weighted by Gasteiger charge is 2.21. The van der Waals surface area contributed by atoms with Crippen LogP contribution in [0.25, 0.3) is 0 Å². The molecule has 0 fully saturated rings. The number of benzene rings is 1. The molecule has 64 valence electrons. The molecule has 0 radical (unpaired) electrons. The SMILES string of the molecule is Cc1c(Br)ccc2c1[C@H](N)CC2. The van der Waals surface area contributed by atoms with Crippen molar-refractivity contribution in [1.29, 1.82) is 0 Å². The molecule has 1 atom stereocenters. The molecule has 0 aromatic heterocycles. The minimum Gasteiger partial charge on any atom is -0.324 e. The number of halogens is 1. The van der Waals surface area contributed by atoms with E-state index in [0.29, 0.717) is 0 Å². The van der Waals surface area contributed by atoms with Crippen molar-refractivity contribution in [2.24, 2.45) is 5.73 Å².